The second-order valence-corrected chi connectivity index (χ2v) is 6.74. The highest BCUT2D eigenvalue weighted by Gasteiger charge is 2.31. The van der Waals surface area contributed by atoms with E-state index in [1.54, 1.807) is 18.2 Å². The lowest BCUT2D eigenvalue weighted by molar-refractivity contribution is -0.305. The number of halogens is 1. The van der Waals surface area contributed by atoms with Crippen molar-refractivity contribution in [3.63, 3.8) is 0 Å². The molecule has 1 aromatic rings. The first-order valence-corrected chi connectivity index (χ1v) is 8.40. The van der Waals surface area contributed by atoms with Crippen molar-refractivity contribution >= 4 is 46.3 Å². The van der Waals surface area contributed by atoms with Crippen molar-refractivity contribution in [2.24, 2.45) is 0 Å². The Bertz CT molecular complexity index is 643. The van der Waals surface area contributed by atoms with E-state index in [4.69, 9.17) is 12.2 Å². The van der Waals surface area contributed by atoms with E-state index in [1.165, 1.54) is 28.8 Å². The van der Waals surface area contributed by atoms with Crippen LogP contribution in [0.25, 0.3) is 6.08 Å². The minimum atomic E-state index is -1.06. The summed E-state index contributed by atoms with van der Waals surface area (Å²) in [5, 5.41) is 10.3. The Hall–Kier alpha value is -1.73. The second-order valence-electron chi connectivity index (χ2n) is 5.07. The van der Waals surface area contributed by atoms with Crippen molar-refractivity contribution in [1.29, 1.82) is 0 Å². The molecule has 1 aromatic carbocycles. The van der Waals surface area contributed by atoms with Crippen LogP contribution in [0.5, 0.6) is 0 Å². The van der Waals surface area contributed by atoms with Crippen LogP contribution in [0.1, 0.15) is 31.2 Å². The first-order chi connectivity index (χ1) is 11.0. The van der Waals surface area contributed by atoms with E-state index in [2.05, 4.69) is 0 Å². The number of hydrogen-bond donors (Lipinski definition) is 0. The van der Waals surface area contributed by atoms with Gasteiger partial charge in [0.05, 0.1) is 4.91 Å². The summed E-state index contributed by atoms with van der Waals surface area (Å²) in [4.78, 5) is 24.7. The Morgan fingerprint density at radius 2 is 1.96 bits per heavy atom. The topological polar surface area (TPSA) is 60.4 Å². The molecule has 1 aliphatic heterocycles. The lowest BCUT2D eigenvalue weighted by Crippen LogP contribution is -2.29. The Morgan fingerprint density at radius 3 is 2.61 bits per heavy atom. The van der Waals surface area contributed by atoms with Crippen LogP contribution in [0, 0.1) is 5.82 Å². The third-order valence-electron chi connectivity index (χ3n) is 3.30. The standard InChI is InChI=1S/C16H16FNO3S2/c17-12-7-5-11(6-8-12)10-13-15(21)18(16(22)23-13)9-3-1-2-4-14(19)20/h5-8,10H,1-4,9H2,(H,19,20)/p-1/b13-10-. The number of carboxylic acid groups (broad SMARTS) is 1. The van der Waals surface area contributed by atoms with Gasteiger partial charge in [0.2, 0.25) is 0 Å². The van der Waals surface area contributed by atoms with E-state index < -0.39 is 5.97 Å². The van der Waals surface area contributed by atoms with E-state index >= 15 is 0 Å². The molecule has 1 fully saturated rings. The molecule has 1 aliphatic rings. The van der Waals surface area contributed by atoms with E-state index in [9.17, 15) is 19.1 Å². The molecule has 0 unspecified atom stereocenters. The molecule has 0 aromatic heterocycles. The number of rotatable bonds is 7. The van der Waals surface area contributed by atoms with Gasteiger partial charge in [-0.2, -0.15) is 0 Å². The molecule has 122 valence electrons. The monoisotopic (exact) mass is 352 g/mol. The molecule has 4 nitrogen and oxygen atoms in total. The fourth-order valence-electron chi connectivity index (χ4n) is 2.12. The summed E-state index contributed by atoms with van der Waals surface area (Å²) >= 11 is 6.43. The summed E-state index contributed by atoms with van der Waals surface area (Å²) in [6.07, 6.45) is 3.63. The Labute approximate surface area is 143 Å². The van der Waals surface area contributed by atoms with Crippen molar-refractivity contribution in [3.8, 4) is 0 Å². The van der Waals surface area contributed by atoms with E-state index in [0.717, 1.165) is 5.56 Å². The van der Waals surface area contributed by atoms with E-state index in [-0.39, 0.29) is 18.1 Å². The summed E-state index contributed by atoms with van der Waals surface area (Å²) in [5.41, 5.74) is 0.737. The van der Waals surface area contributed by atoms with Crippen LogP contribution >= 0.6 is 24.0 Å². The predicted molar refractivity (Wildman–Crippen MR) is 89.8 cm³/mol. The number of carbonyl (C=O) groups excluding carboxylic acids is 2. The van der Waals surface area contributed by atoms with Crippen molar-refractivity contribution in [3.05, 3.63) is 40.6 Å². The van der Waals surface area contributed by atoms with Crippen molar-refractivity contribution in [2.45, 2.75) is 25.7 Å². The molecule has 1 amide bonds. The smallest absolute Gasteiger partial charge is 0.266 e. The van der Waals surface area contributed by atoms with E-state index in [1.807, 2.05) is 0 Å². The zero-order valence-electron chi connectivity index (χ0n) is 12.3. The third-order valence-corrected chi connectivity index (χ3v) is 4.68. The van der Waals surface area contributed by atoms with Gasteiger partial charge >= 0.3 is 0 Å². The van der Waals surface area contributed by atoms with Gasteiger partial charge in [0.1, 0.15) is 10.1 Å². The van der Waals surface area contributed by atoms with Crippen LogP contribution in [0.2, 0.25) is 0 Å². The number of amides is 1. The van der Waals surface area contributed by atoms with Crippen molar-refractivity contribution < 1.29 is 19.1 Å². The molecule has 1 saturated heterocycles. The maximum Gasteiger partial charge on any atom is 0.266 e. The minimum absolute atomic E-state index is 0.0306. The highest BCUT2D eigenvalue weighted by molar-refractivity contribution is 8.26. The zero-order chi connectivity index (χ0) is 16.8. The lowest BCUT2D eigenvalue weighted by Gasteiger charge is -2.14. The molecule has 2 rings (SSSR count). The average Bonchev–Trinajstić information content (AvgIpc) is 2.76. The van der Waals surface area contributed by atoms with Crippen molar-refractivity contribution in [2.75, 3.05) is 6.54 Å². The summed E-state index contributed by atoms with van der Waals surface area (Å²) < 4.78 is 13.4. The van der Waals surface area contributed by atoms with Crippen LogP contribution in [0.3, 0.4) is 0 Å². The molecule has 1 heterocycles. The fraction of sp³-hybridized carbons (Fsp3) is 0.312. The molecule has 0 radical (unpaired) electrons. The highest BCUT2D eigenvalue weighted by atomic mass is 32.2. The second kappa shape index (κ2) is 8.21. The number of carbonyl (C=O) groups is 2. The first-order valence-electron chi connectivity index (χ1n) is 7.18. The zero-order valence-corrected chi connectivity index (χ0v) is 13.9. The number of thioether (sulfide) groups is 1. The quantitative estimate of drug-likeness (QED) is 0.428. The maximum atomic E-state index is 12.9. The maximum absolute atomic E-state index is 12.9. The molecule has 0 saturated carbocycles. The fourth-order valence-corrected chi connectivity index (χ4v) is 3.43. The molecule has 0 bridgehead atoms. The molecule has 0 atom stereocenters. The molecule has 0 aliphatic carbocycles. The van der Waals surface area contributed by atoms with Gasteiger partial charge in [-0.3, -0.25) is 9.69 Å². The van der Waals surface area contributed by atoms with Crippen LogP contribution in [-0.2, 0) is 9.59 Å². The van der Waals surface area contributed by atoms with Crippen LogP contribution in [0.4, 0.5) is 4.39 Å². The molecule has 23 heavy (non-hydrogen) atoms. The molecule has 7 heteroatoms. The van der Waals surface area contributed by atoms with Crippen LogP contribution < -0.4 is 5.11 Å². The van der Waals surface area contributed by atoms with Gasteiger partial charge in [-0.15, -0.1) is 0 Å². The van der Waals surface area contributed by atoms with E-state index in [0.29, 0.717) is 35.0 Å². The molecular weight excluding hydrogens is 337 g/mol. The van der Waals surface area contributed by atoms with Gasteiger partial charge in [0.15, 0.2) is 0 Å². The number of aliphatic carboxylic acids is 1. The van der Waals surface area contributed by atoms with Gasteiger partial charge in [0.25, 0.3) is 5.91 Å². The number of unbranched alkanes of at least 4 members (excludes halogenated alkanes) is 2. The lowest BCUT2D eigenvalue weighted by atomic mass is 10.2. The number of hydrogen-bond acceptors (Lipinski definition) is 5. The number of carboxylic acids is 1. The molecule has 0 N–H and O–H groups in total. The average molecular weight is 352 g/mol. The van der Waals surface area contributed by atoms with Gasteiger partial charge in [-0.05, 0) is 43.0 Å². The third kappa shape index (κ3) is 5.14. The number of nitrogens with zero attached hydrogens (tertiary/aromatic N) is 1. The van der Waals surface area contributed by atoms with Crippen LogP contribution in [0.15, 0.2) is 29.2 Å². The molecule has 0 spiro atoms. The van der Waals surface area contributed by atoms with Gasteiger partial charge < -0.3 is 9.90 Å². The van der Waals surface area contributed by atoms with Crippen molar-refractivity contribution in [1.82, 2.24) is 4.90 Å². The first kappa shape index (κ1) is 17.6. The Morgan fingerprint density at radius 1 is 1.26 bits per heavy atom. The number of thiocarbonyl (C=S) groups is 1. The Balaban J connectivity index is 1.91. The highest BCUT2D eigenvalue weighted by Crippen LogP contribution is 2.32. The Kier molecular flexibility index (Phi) is 6.29. The normalized spacial score (nSPS) is 16.4. The number of benzene rings is 1. The minimum Gasteiger partial charge on any atom is -0.550 e. The largest absolute Gasteiger partial charge is 0.550 e. The van der Waals surface area contributed by atoms with Gasteiger partial charge in [0, 0.05) is 12.5 Å². The van der Waals surface area contributed by atoms with Gasteiger partial charge in [-0.25, -0.2) is 4.39 Å². The summed E-state index contributed by atoms with van der Waals surface area (Å²) in [6.45, 7) is 0.471. The van der Waals surface area contributed by atoms with Gasteiger partial charge in [-0.1, -0.05) is 42.5 Å². The SMILES string of the molecule is O=C([O-])CCCCCN1C(=O)/C(=C/c2ccc(F)cc2)SC1=S. The molecular formula is C16H15FNO3S2-. The summed E-state index contributed by atoms with van der Waals surface area (Å²) in [6, 6.07) is 5.87. The van der Waals surface area contributed by atoms with Crippen LogP contribution in [-0.4, -0.2) is 27.6 Å². The summed E-state index contributed by atoms with van der Waals surface area (Å²) in [5.74, 6) is -1.55. The summed E-state index contributed by atoms with van der Waals surface area (Å²) in [7, 11) is 0. The predicted octanol–water partition coefficient (Wildman–Crippen LogP) is 2.34.